The monoisotopic (exact) mass is 319 g/mol. The number of hydrogen-bond acceptors (Lipinski definition) is 5. The Hall–Kier alpha value is -2.99. The van der Waals surface area contributed by atoms with Gasteiger partial charge in [-0.25, -0.2) is 4.98 Å². The number of nitrogens with two attached hydrogens (primary N) is 1. The first-order valence-electron chi connectivity index (χ1n) is 7.11. The van der Waals surface area contributed by atoms with Gasteiger partial charge < -0.3 is 10.7 Å². The summed E-state index contributed by atoms with van der Waals surface area (Å²) in [6.45, 7) is 0. The Balaban J connectivity index is 1.89. The van der Waals surface area contributed by atoms with E-state index < -0.39 is 0 Å². The molecule has 0 saturated carbocycles. The van der Waals surface area contributed by atoms with Gasteiger partial charge in [0.05, 0.1) is 16.6 Å². The minimum absolute atomic E-state index is 0.440. The lowest BCUT2D eigenvalue weighted by Gasteiger charge is -2.00. The summed E-state index contributed by atoms with van der Waals surface area (Å²) < 4.78 is 0. The molecular formula is C17H13N5S. The molecule has 0 amide bonds. The average Bonchev–Trinajstić information content (AvgIpc) is 3.19. The maximum Gasteiger partial charge on any atom is 0.203 e. The number of hydrogen-bond donors (Lipinski definition) is 2. The zero-order valence-electron chi connectivity index (χ0n) is 12.1. The smallest absolute Gasteiger partial charge is 0.203 e. The minimum Gasteiger partial charge on any atom is -0.374 e. The number of nitrogens with zero attached hydrogens (tertiary/aromatic N) is 3. The Bertz CT molecular complexity index is 951. The van der Waals surface area contributed by atoms with E-state index in [4.69, 9.17) is 5.73 Å². The molecule has 4 rings (SSSR count). The molecule has 0 saturated heterocycles. The zero-order chi connectivity index (χ0) is 15.6. The normalized spacial score (nSPS) is 11.9. The molecule has 0 bridgehead atoms. The molecule has 0 radical (unpaired) electrons. The number of aromatic nitrogens is 4. The Morgan fingerprint density at radius 2 is 1.78 bits per heavy atom. The van der Waals surface area contributed by atoms with Gasteiger partial charge in [0.2, 0.25) is 5.13 Å². The van der Waals surface area contributed by atoms with Crippen LogP contribution in [-0.4, -0.2) is 20.2 Å². The number of fused-ring (bicyclic) bond motifs is 1. The summed E-state index contributed by atoms with van der Waals surface area (Å²) in [5, 5.41) is 9.28. The van der Waals surface area contributed by atoms with Crippen LogP contribution in [0.4, 0.5) is 5.13 Å². The van der Waals surface area contributed by atoms with E-state index in [1.165, 1.54) is 11.3 Å². The molecule has 4 aromatic rings. The number of para-hydroxylation sites is 2. The molecule has 0 fully saturated rings. The van der Waals surface area contributed by atoms with Crippen LogP contribution >= 0.6 is 11.3 Å². The highest BCUT2D eigenvalue weighted by Crippen LogP contribution is 2.28. The molecule has 0 aliphatic carbocycles. The molecule has 112 valence electrons. The number of rotatable bonds is 3. The maximum absolute atomic E-state index is 5.75. The molecule has 0 aliphatic heterocycles. The van der Waals surface area contributed by atoms with Crippen molar-refractivity contribution in [3.05, 3.63) is 71.0 Å². The predicted molar refractivity (Wildman–Crippen MR) is 93.8 cm³/mol. The van der Waals surface area contributed by atoms with Crippen LogP contribution in [-0.2, 0) is 0 Å². The minimum atomic E-state index is 0.440. The highest BCUT2D eigenvalue weighted by molar-refractivity contribution is 7.16. The molecule has 2 aromatic heterocycles. The van der Waals surface area contributed by atoms with Crippen molar-refractivity contribution in [2.24, 2.45) is 0 Å². The lowest BCUT2D eigenvalue weighted by Crippen LogP contribution is -1.90. The van der Waals surface area contributed by atoms with Gasteiger partial charge in [0, 0.05) is 0 Å². The fraction of sp³-hybridized carbons (Fsp3) is 0. The number of H-pyrrole nitrogens is 1. The van der Waals surface area contributed by atoms with E-state index >= 15 is 0 Å². The molecule has 23 heavy (non-hydrogen) atoms. The van der Waals surface area contributed by atoms with Crippen molar-refractivity contribution < 1.29 is 0 Å². The Kier molecular flexibility index (Phi) is 3.36. The number of nitrogen functional groups attached to an aromatic ring is 1. The molecule has 0 atom stereocenters. The second-order valence-electron chi connectivity index (χ2n) is 5.02. The van der Waals surface area contributed by atoms with Crippen molar-refractivity contribution in [2.45, 2.75) is 0 Å². The Morgan fingerprint density at radius 1 is 1.00 bits per heavy atom. The molecule has 6 heteroatoms. The zero-order valence-corrected chi connectivity index (χ0v) is 12.9. The lowest BCUT2D eigenvalue weighted by atomic mass is 10.1. The van der Waals surface area contributed by atoms with E-state index in [0.29, 0.717) is 5.13 Å². The first kappa shape index (κ1) is 13.7. The summed E-state index contributed by atoms with van der Waals surface area (Å²) in [7, 11) is 0. The quantitative estimate of drug-likeness (QED) is 0.605. The highest BCUT2D eigenvalue weighted by Gasteiger charge is 2.14. The van der Waals surface area contributed by atoms with Crippen LogP contribution in [0.3, 0.4) is 0 Å². The SMILES string of the molecule is Nc1nnc(C(=Cc2ccccc2)c2nc3ccccc3[nH]2)s1. The largest absolute Gasteiger partial charge is 0.374 e. The van der Waals surface area contributed by atoms with Crippen molar-refractivity contribution in [3.8, 4) is 0 Å². The fourth-order valence-electron chi connectivity index (χ4n) is 2.37. The third-order valence-corrected chi connectivity index (χ3v) is 4.21. The standard InChI is InChI=1S/C17H13N5S/c18-17-22-21-16(23-17)12(10-11-6-2-1-3-7-11)15-19-13-8-4-5-9-14(13)20-15/h1-10H,(H2,18,22)(H,19,20). The van der Waals surface area contributed by atoms with Crippen molar-refractivity contribution in [3.63, 3.8) is 0 Å². The summed E-state index contributed by atoms with van der Waals surface area (Å²) in [6.07, 6.45) is 2.04. The van der Waals surface area contributed by atoms with Gasteiger partial charge in [-0.1, -0.05) is 53.8 Å². The van der Waals surface area contributed by atoms with Crippen LogP contribution in [0, 0.1) is 0 Å². The van der Waals surface area contributed by atoms with Gasteiger partial charge in [-0.2, -0.15) is 0 Å². The topological polar surface area (TPSA) is 80.5 Å². The summed E-state index contributed by atoms with van der Waals surface area (Å²) in [5.41, 5.74) is 9.59. The van der Waals surface area contributed by atoms with E-state index in [1.807, 2.05) is 60.7 Å². The summed E-state index contributed by atoms with van der Waals surface area (Å²) in [4.78, 5) is 8.01. The second-order valence-corrected chi connectivity index (χ2v) is 6.03. The molecule has 0 spiro atoms. The van der Waals surface area contributed by atoms with Gasteiger partial charge in [-0.15, -0.1) is 10.2 Å². The van der Waals surface area contributed by atoms with Gasteiger partial charge in [0.1, 0.15) is 5.82 Å². The average molecular weight is 319 g/mol. The van der Waals surface area contributed by atoms with Crippen molar-refractivity contribution >= 4 is 39.2 Å². The van der Waals surface area contributed by atoms with Crippen LogP contribution < -0.4 is 5.73 Å². The molecule has 2 heterocycles. The predicted octanol–water partition coefficient (Wildman–Crippen LogP) is 3.59. The highest BCUT2D eigenvalue weighted by atomic mass is 32.1. The summed E-state index contributed by atoms with van der Waals surface area (Å²) in [5.74, 6) is 0.756. The number of nitrogens with one attached hydrogen (secondary N) is 1. The molecule has 0 unspecified atom stereocenters. The molecule has 2 aromatic carbocycles. The third kappa shape index (κ3) is 2.72. The van der Waals surface area contributed by atoms with Crippen LogP contribution in [0.5, 0.6) is 0 Å². The first-order valence-corrected chi connectivity index (χ1v) is 7.92. The van der Waals surface area contributed by atoms with E-state index in [2.05, 4.69) is 20.2 Å². The van der Waals surface area contributed by atoms with Crippen LogP contribution in [0.15, 0.2) is 54.6 Å². The van der Waals surface area contributed by atoms with E-state index in [9.17, 15) is 0 Å². The molecule has 5 nitrogen and oxygen atoms in total. The Labute approximate surface area is 136 Å². The third-order valence-electron chi connectivity index (χ3n) is 3.43. The lowest BCUT2D eigenvalue weighted by molar-refractivity contribution is 1.08. The molecule has 3 N–H and O–H groups in total. The maximum atomic E-state index is 5.75. The number of benzene rings is 2. The summed E-state index contributed by atoms with van der Waals surface area (Å²) in [6, 6.07) is 18.0. The van der Waals surface area contributed by atoms with Gasteiger partial charge >= 0.3 is 0 Å². The van der Waals surface area contributed by atoms with Gasteiger partial charge in [-0.05, 0) is 23.8 Å². The number of aromatic amines is 1. The van der Waals surface area contributed by atoms with Gasteiger partial charge in [-0.3, -0.25) is 0 Å². The van der Waals surface area contributed by atoms with Crippen LogP contribution in [0.2, 0.25) is 0 Å². The summed E-state index contributed by atoms with van der Waals surface area (Å²) >= 11 is 1.35. The fourth-order valence-corrected chi connectivity index (χ4v) is 3.00. The van der Waals surface area contributed by atoms with Crippen LogP contribution in [0.1, 0.15) is 16.4 Å². The number of anilines is 1. The molecular weight excluding hydrogens is 306 g/mol. The molecule has 0 aliphatic rings. The van der Waals surface area contributed by atoms with E-state index in [-0.39, 0.29) is 0 Å². The van der Waals surface area contributed by atoms with Gasteiger partial charge in [0.25, 0.3) is 0 Å². The number of imidazole rings is 1. The van der Waals surface area contributed by atoms with Crippen molar-refractivity contribution in [1.82, 2.24) is 20.2 Å². The second kappa shape index (κ2) is 5.66. The van der Waals surface area contributed by atoms with Crippen LogP contribution in [0.25, 0.3) is 22.7 Å². The van der Waals surface area contributed by atoms with Gasteiger partial charge in [0.15, 0.2) is 5.01 Å². The van der Waals surface area contributed by atoms with Crippen molar-refractivity contribution in [1.29, 1.82) is 0 Å². The van der Waals surface area contributed by atoms with E-state index in [0.717, 1.165) is 33.0 Å². The van der Waals surface area contributed by atoms with E-state index in [1.54, 1.807) is 0 Å². The Morgan fingerprint density at radius 3 is 2.52 bits per heavy atom. The van der Waals surface area contributed by atoms with Crippen molar-refractivity contribution in [2.75, 3.05) is 5.73 Å². The first-order chi connectivity index (χ1) is 11.3.